The Morgan fingerprint density at radius 1 is 1.28 bits per heavy atom. The van der Waals surface area contributed by atoms with E-state index in [4.69, 9.17) is 20.8 Å². The van der Waals surface area contributed by atoms with Gasteiger partial charge in [-0.25, -0.2) is 4.39 Å². The summed E-state index contributed by atoms with van der Waals surface area (Å²) in [6.07, 6.45) is 0. The van der Waals surface area contributed by atoms with Crippen molar-refractivity contribution >= 4 is 11.6 Å². The van der Waals surface area contributed by atoms with Gasteiger partial charge in [-0.15, -0.1) is 0 Å². The minimum atomic E-state index is -0.438. The molecule has 0 bridgehead atoms. The molecule has 0 aliphatic heterocycles. The molecule has 0 spiro atoms. The van der Waals surface area contributed by atoms with Crippen molar-refractivity contribution in [2.45, 2.75) is 5.92 Å². The van der Waals surface area contributed by atoms with Crippen LogP contribution in [0.4, 0.5) is 4.39 Å². The van der Waals surface area contributed by atoms with Gasteiger partial charge < -0.3 is 14.3 Å². The molecule has 1 heterocycles. The summed E-state index contributed by atoms with van der Waals surface area (Å²) in [6, 6.07) is 9.34. The fourth-order valence-corrected chi connectivity index (χ4v) is 1.68. The van der Waals surface area contributed by atoms with Crippen LogP contribution in [0.1, 0.15) is 11.7 Å². The maximum atomic E-state index is 13.3. The van der Waals surface area contributed by atoms with Crippen LogP contribution >= 0.6 is 11.6 Å². The molecule has 1 unspecified atom stereocenters. The number of rotatable bonds is 5. The van der Waals surface area contributed by atoms with Crippen molar-refractivity contribution in [1.29, 1.82) is 0 Å². The van der Waals surface area contributed by atoms with Gasteiger partial charge in [-0.2, -0.15) is 0 Å². The number of hydrogen-bond acceptors (Lipinski definition) is 3. The van der Waals surface area contributed by atoms with Crippen molar-refractivity contribution in [1.82, 2.24) is 0 Å². The van der Waals surface area contributed by atoms with E-state index in [1.165, 1.54) is 12.1 Å². The van der Waals surface area contributed by atoms with Gasteiger partial charge in [-0.1, -0.05) is 12.1 Å². The first-order valence-corrected chi connectivity index (χ1v) is 5.82. The molecule has 1 aromatic heterocycles. The molecule has 1 N–H and O–H groups in total. The van der Waals surface area contributed by atoms with Crippen molar-refractivity contribution in [2.24, 2.45) is 0 Å². The Bertz CT molecular complexity index is 512. The molecular weight excluding hydrogens is 259 g/mol. The second-order valence-electron chi connectivity index (χ2n) is 3.76. The minimum absolute atomic E-state index is 0.112. The molecule has 0 aliphatic carbocycles. The SMILES string of the molecule is OCC(COc1ccccc1F)c1ccc(Cl)o1. The van der Waals surface area contributed by atoms with Crippen molar-refractivity contribution in [3.63, 3.8) is 0 Å². The average molecular weight is 271 g/mol. The number of furan rings is 1. The average Bonchev–Trinajstić information content (AvgIpc) is 2.79. The zero-order valence-corrected chi connectivity index (χ0v) is 10.2. The molecule has 0 fully saturated rings. The molecule has 3 nitrogen and oxygen atoms in total. The van der Waals surface area contributed by atoms with Gasteiger partial charge in [0.25, 0.3) is 0 Å². The van der Waals surface area contributed by atoms with Crippen molar-refractivity contribution in [3.8, 4) is 5.75 Å². The van der Waals surface area contributed by atoms with Gasteiger partial charge >= 0.3 is 0 Å². The van der Waals surface area contributed by atoms with Gasteiger partial charge in [0.15, 0.2) is 16.8 Å². The highest BCUT2D eigenvalue weighted by Crippen LogP contribution is 2.23. The summed E-state index contributed by atoms with van der Waals surface area (Å²) in [5.41, 5.74) is 0. The monoisotopic (exact) mass is 270 g/mol. The number of halogens is 2. The largest absolute Gasteiger partial charge is 0.490 e. The second-order valence-corrected chi connectivity index (χ2v) is 4.14. The Kier molecular flexibility index (Phi) is 4.23. The standard InChI is InChI=1S/C13H12ClFO3/c14-13-6-5-11(18-13)9(7-16)8-17-12-4-2-1-3-10(12)15/h1-6,9,16H,7-8H2. The van der Waals surface area contributed by atoms with Crippen LogP contribution in [-0.2, 0) is 0 Å². The van der Waals surface area contributed by atoms with E-state index in [0.717, 1.165) is 0 Å². The molecule has 2 aromatic rings. The summed E-state index contributed by atoms with van der Waals surface area (Å²) < 4.78 is 23.8. The highest BCUT2D eigenvalue weighted by atomic mass is 35.5. The Hall–Kier alpha value is -1.52. The van der Waals surface area contributed by atoms with Crippen LogP contribution in [0.5, 0.6) is 5.75 Å². The molecule has 5 heteroatoms. The fraction of sp³-hybridized carbons (Fsp3) is 0.231. The lowest BCUT2D eigenvalue weighted by Gasteiger charge is -2.13. The van der Waals surface area contributed by atoms with Crippen LogP contribution < -0.4 is 4.74 Å². The maximum Gasteiger partial charge on any atom is 0.193 e. The van der Waals surface area contributed by atoms with Crippen LogP contribution in [0.25, 0.3) is 0 Å². The first kappa shape index (κ1) is 12.9. The minimum Gasteiger partial charge on any atom is -0.490 e. The molecule has 96 valence electrons. The number of aliphatic hydroxyl groups is 1. The molecule has 0 saturated carbocycles. The van der Waals surface area contributed by atoms with Crippen molar-refractivity contribution < 1.29 is 18.7 Å². The summed E-state index contributed by atoms with van der Waals surface area (Å²) in [4.78, 5) is 0. The van der Waals surface area contributed by atoms with E-state index in [0.29, 0.717) is 5.76 Å². The third kappa shape index (κ3) is 3.03. The van der Waals surface area contributed by atoms with Crippen LogP contribution in [-0.4, -0.2) is 18.3 Å². The Labute approximate surface area is 109 Å². The molecule has 18 heavy (non-hydrogen) atoms. The third-order valence-electron chi connectivity index (χ3n) is 2.49. The summed E-state index contributed by atoms with van der Waals surface area (Å²) in [7, 11) is 0. The quantitative estimate of drug-likeness (QED) is 0.907. The lowest BCUT2D eigenvalue weighted by molar-refractivity contribution is 0.186. The van der Waals surface area contributed by atoms with Gasteiger partial charge in [0.2, 0.25) is 0 Å². The van der Waals surface area contributed by atoms with Gasteiger partial charge in [-0.3, -0.25) is 0 Å². The van der Waals surface area contributed by atoms with Gasteiger partial charge in [0.05, 0.1) is 12.5 Å². The molecule has 0 saturated heterocycles. The summed E-state index contributed by atoms with van der Waals surface area (Å²) >= 11 is 5.65. The van der Waals surface area contributed by atoms with E-state index in [2.05, 4.69) is 0 Å². The molecule has 0 amide bonds. The predicted molar refractivity (Wildman–Crippen MR) is 65.4 cm³/mol. The zero-order chi connectivity index (χ0) is 13.0. The zero-order valence-electron chi connectivity index (χ0n) is 9.48. The van der Waals surface area contributed by atoms with E-state index in [1.54, 1.807) is 24.3 Å². The van der Waals surface area contributed by atoms with Gasteiger partial charge in [-0.05, 0) is 35.9 Å². The Morgan fingerprint density at radius 2 is 2.06 bits per heavy atom. The number of aliphatic hydroxyl groups excluding tert-OH is 1. The first-order chi connectivity index (χ1) is 8.70. The van der Waals surface area contributed by atoms with Crippen LogP contribution in [0.3, 0.4) is 0 Å². The Morgan fingerprint density at radius 3 is 2.67 bits per heavy atom. The van der Waals surface area contributed by atoms with Crippen LogP contribution in [0, 0.1) is 5.82 Å². The molecular formula is C13H12ClFO3. The van der Waals surface area contributed by atoms with E-state index in [1.807, 2.05) is 0 Å². The molecule has 1 aromatic carbocycles. The van der Waals surface area contributed by atoms with E-state index >= 15 is 0 Å². The third-order valence-corrected chi connectivity index (χ3v) is 2.70. The Balaban J connectivity index is 2.02. The lowest BCUT2D eigenvalue weighted by Crippen LogP contribution is -2.14. The summed E-state index contributed by atoms with van der Waals surface area (Å²) in [6.45, 7) is -0.0560. The topological polar surface area (TPSA) is 42.6 Å². The maximum absolute atomic E-state index is 13.3. The number of hydrogen-bond donors (Lipinski definition) is 1. The summed E-state index contributed by atoms with van der Waals surface area (Å²) in [5.74, 6) is -0.156. The summed E-state index contributed by atoms with van der Waals surface area (Å²) in [5, 5.41) is 9.50. The molecule has 0 radical (unpaired) electrons. The van der Waals surface area contributed by atoms with E-state index in [9.17, 15) is 9.50 Å². The smallest absolute Gasteiger partial charge is 0.193 e. The fourth-order valence-electron chi connectivity index (χ4n) is 1.52. The second kappa shape index (κ2) is 5.89. The first-order valence-electron chi connectivity index (χ1n) is 5.44. The highest BCUT2D eigenvalue weighted by molar-refractivity contribution is 6.28. The number of benzene rings is 1. The van der Waals surface area contributed by atoms with Crippen molar-refractivity contribution in [3.05, 3.63) is 53.2 Å². The lowest BCUT2D eigenvalue weighted by atomic mass is 10.1. The number of para-hydroxylation sites is 1. The highest BCUT2D eigenvalue weighted by Gasteiger charge is 2.16. The van der Waals surface area contributed by atoms with Crippen LogP contribution in [0.2, 0.25) is 5.22 Å². The molecule has 0 aliphatic rings. The van der Waals surface area contributed by atoms with E-state index in [-0.39, 0.29) is 30.1 Å². The van der Waals surface area contributed by atoms with Crippen LogP contribution in [0.15, 0.2) is 40.8 Å². The number of ether oxygens (including phenoxy) is 1. The molecule has 2 rings (SSSR count). The van der Waals surface area contributed by atoms with Gasteiger partial charge in [0, 0.05) is 0 Å². The van der Waals surface area contributed by atoms with Gasteiger partial charge in [0.1, 0.15) is 12.4 Å². The predicted octanol–water partition coefficient (Wildman–Crippen LogP) is 3.23. The normalized spacial score (nSPS) is 12.4. The van der Waals surface area contributed by atoms with Crippen molar-refractivity contribution in [2.75, 3.05) is 13.2 Å². The van der Waals surface area contributed by atoms with E-state index < -0.39 is 5.82 Å². The molecule has 1 atom stereocenters.